The molecule has 3 aromatic carbocycles. The number of amides is 4. The zero-order valence-corrected chi connectivity index (χ0v) is 21.7. The molecule has 0 bridgehead atoms. The third kappa shape index (κ3) is 4.68. The molecule has 8 heteroatoms. The van der Waals surface area contributed by atoms with Crippen molar-refractivity contribution in [2.75, 3.05) is 17.2 Å². The van der Waals surface area contributed by atoms with Crippen LogP contribution in [0.15, 0.2) is 66.7 Å². The SMILES string of the molecule is CC(C)(C)C[C@H](NC(=O)Nc1ccc2ccccc2c1)C(=O)N1C[C@]2(C[C@H]1C#N)C(=O)Nc1ccccc12. The van der Waals surface area contributed by atoms with Crippen LogP contribution in [0.2, 0.25) is 0 Å². The van der Waals surface area contributed by atoms with Gasteiger partial charge in [-0.25, -0.2) is 4.79 Å². The van der Waals surface area contributed by atoms with E-state index in [1.54, 1.807) is 0 Å². The predicted molar refractivity (Wildman–Crippen MR) is 146 cm³/mol. The van der Waals surface area contributed by atoms with Crippen LogP contribution in [0, 0.1) is 16.7 Å². The number of nitrogens with zero attached hydrogens (tertiary/aromatic N) is 2. The summed E-state index contributed by atoms with van der Waals surface area (Å²) in [5.41, 5.74) is 0.856. The molecule has 2 aliphatic rings. The number of rotatable bonds is 4. The molecule has 2 heterocycles. The van der Waals surface area contributed by atoms with E-state index in [0.717, 1.165) is 16.3 Å². The minimum absolute atomic E-state index is 0.0848. The Morgan fingerprint density at radius 1 is 1.11 bits per heavy atom. The van der Waals surface area contributed by atoms with Gasteiger partial charge in [0.05, 0.1) is 11.5 Å². The van der Waals surface area contributed by atoms with Crippen LogP contribution in [-0.2, 0) is 15.0 Å². The van der Waals surface area contributed by atoms with E-state index in [1.165, 1.54) is 4.90 Å². The Labute approximate surface area is 222 Å². The van der Waals surface area contributed by atoms with Crippen molar-refractivity contribution in [3.63, 3.8) is 0 Å². The molecule has 3 atom stereocenters. The molecule has 0 radical (unpaired) electrons. The number of fused-ring (bicyclic) bond motifs is 3. The smallest absolute Gasteiger partial charge is 0.319 e. The number of urea groups is 1. The first-order valence-corrected chi connectivity index (χ1v) is 12.8. The third-order valence-electron chi connectivity index (χ3n) is 7.34. The summed E-state index contributed by atoms with van der Waals surface area (Å²) in [4.78, 5) is 41.6. The number of carbonyl (C=O) groups is 3. The first kappa shape index (κ1) is 25.3. The third-order valence-corrected chi connectivity index (χ3v) is 7.34. The van der Waals surface area contributed by atoms with Gasteiger partial charge in [0.15, 0.2) is 0 Å². The lowest BCUT2D eigenvalue weighted by Crippen LogP contribution is -2.52. The molecule has 5 rings (SSSR count). The van der Waals surface area contributed by atoms with Crippen molar-refractivity contribution >= 4 is 40.0 Å². The summed E-state index contributed by atoms with van der Waals surface area (Å²) in [5.74, 6) is -0.571. The van der Waals surface area contributed by atoms with Gasteiger partial charge >= 0.3 is 6.03 Å². The summed E-state index contributed by atoms with van der Waals surface area (Å²) in [6, 6.07) is 20.9. The fraction of sp³-hybridized carbons (Fsp3) is 0.333. The number of hydrogen-bond acceptors (Lipinski definition) is 4. The van der Waals surface area contributed by atoms with Crippen molar-refractivity contribution in [2.24, 2.45) is 5.41 Å². The highest BCUT2D eigenvalue weighted by molar-refractivity contribution is 6.07. The van der Waals surface area contributed by atoms with E-state index in [9.17, 15) is 19.6 Å². The summed E-state index contributed by atoms with van der Waals surface area (Å²) in [6.07, 6.45) is 0.574. The second kappa shape index (κ2) is 9.49. The molecule has 3 N–H and O–H groups in total. The topological polar surface area (TPSA) is 114 Å². The van der Waals surface area contributed by atoms with Crippen LogP contribution in [0.5, 0.6) is 0 Å². The monoisotopic (exact) mass is 509 g/mol. The zero-order chi connectivity index (χ0) is 27.1. The molecule has 1 saturated heterocycles. The van der Waals surface area contributed by atoms with Gasteiger partial charge < -0.3 is 20.9 Å². The van der Waals surface area contributed by atoms with Crippen LogP contribution in [0.3, 0.4) is 0 Å². The number of carbonyl (C=O) groups excluding carboxylic acids is 3. The Kier molecular flexibility index (Phi) is 6.31. The van der Waals surface area contributed by atoms with Crippen LogP contribution in [0.4, 0.5) is 16.2 Å². The molecule has 2 aliphatic heterocycles. The summed E-state index contributed by atoms with van der Waals surface area (Å²) in [6.45, 7) is 6.06. The Hall–Kier alpha value is -4.38. The van der Waals surface area contributed by atoms with Gasteiger partial charge in [-0.05, 0) is 46.4 Å². The number of likely N-dealkylation sites (tertiary alicyclic amines) is 1. The maximum Gasteiger partial charge on any atom is 0.319 e. The summed E-state index contributed by atoms with van der Waals surface area (Å²) in [5, 5.41) is 20.6. The van der Waals surface area contributed by atoms with E-state index in [0.29, 0.717) is 17.8 Å². The van der Waals surface area contributed by atoms with Crippen molar-refractivity contribution in [1.82, 2.24) is 10.2 Å². The van der Waals surface area contributed by atoms with E-state index in [4.69, 9.17) is 0 Å². The standard InChI is InChI=1S/C30H31N5O3/c1-29(2,3)16-25(34-28(38)32-21-13-12-19-8-4-5-9-20(19)14-21)26(36)35-18-30(15-22(35)17-31)23-10-6-7-11-24(23)33-27(30)37/h4-14,22,25H,15-16,18H2,1-3H3,(H,33,37)(H2,32,34,38)/t22-,25-,30-/m0/s1. The number of hydrogen-bond donors (Lipinski definition) is 3. The minimum atomic E-state index is -0.980. The fourth-order valence-corrected chi connectivity index (χ4v) is 5.59. The first-order chi connectivity index (χ1) is 18.1. The molecule has 0 unspecified atom stereocenters. The Morgan fingerprint density at radius 3 is 2.55 bits per heavy atom. The van der Waals surface area contributed by atoms with Gasteiger partial charge in [-0.3, -0.25) is 9.59 Å². The van der Waals surface area contributed by atoms with Gasteiger partial charge in [-0.1, -0.05) is 69.3 Å². The van der Waals surface area contributed by atoms with E-state index in [2.05, 4.69) is 22.0 Å². The van der Waals surface area contributed by atoms with Crippen molar-refractivity contribution in [3.05, 3.63) is 72.3 Å². The predicted octanol–water partition coefficient (Wildman–Crippen LogP) is 4.78. The van der Waals surface area contributed by atoms with E-state index < -0.39 is 23.5 Å². The van der Waals surface area contributed by atoms with Crippen molar-refractivity contribution < 1.29 is 14.4 Å². The van der Waals surface area contributed by atoms with Crippen LogP contribution in [0.25, 0.3) is 10.8 Å². The number of benzene rings is 3. The number of anilines is 2. The molecule has 0 aliphatic carbocycles. The molecule has 194 valence electrons. The fourth-order valence-electron chi connectivity index (χ4n) is 5.59. The first-order valence-electron chi connectivity index (χ1n) is 12.8. The zero-order valence-electron chi connectivity index (χ0n) is 21.7. The molecule has 8 nitrogen and oxygen atoms in total. The molecular weight excluding hydrogens is 478 g/mol. The molecular formula is C30H31N5O3. The largest absolute Gasteiger partial charge is 0.326 e. The highest BCUT2D eigenvalue weighted by Gasteiger charge is 2.56. The summed E-state index contributed by atoms with van der Waals surface area (Å²) < 4.78 is 0. The van der Waals surface area contributed by atoms with Crippen molar-refractivity contribution in [2.45, 2.75) is 51.1 Å². The van der Waals surface area contributed by atoms with E-state index in [1.807, 2.05) is 87.5 Å². The maximum absolute atomic E-state index is 13.9. The minimum Gasteiger partial charge on any atom is -0.326 e. The van der Waals surface area contributed by atoms with Crippen LogP contribution in [-0.4, -0.2) is 41.4 Å². The Bertz CT molecular complexity index is 1470. The van der Waals surface area contributed by atoms with Gasteiger partial charge in [-0.15, -0.1) is 0 Å². The van der Waals surface area contributed by atoms with Crippen LogP contribution >= 0.6 is 0 Å². The molecule has 3 aromatic rings. The normalized spacial score (nSPS) is 21.1. The van der Waals surface area contributed by atoms with Crippen molar-refractivity contribution in [3.8, 4) is 6.07 Å². The highest BCUT2D eigenvalue weighted by atomic mass is 16.2. The number of nitriles is 1. The van der Waals surface area contributed by atoms with Gasteiger partial charge in [0.25, 0.3) is 0 Å². The van der Waals surface area contributed by atoms with Crippen LogP contribution < -0.4 is 16.0 Å². The van der Waals surface area contributed by atoms with Crippen molar-refractivity contribution in [1.29, 1.82) is 5.26 Å². The second-order valence-electron chi connectivity index (χ2n) is 11.4. The quantitative estimate of drug-likeness (QED) is 0.470. The lowest BCUT2D eigenvalue weighted by molar-refractivity contribution is -0.134. The average molecular weight is 510 g/mol. The van der Waals surface area contributed by atoms with Gasteiger partial charge in [0, 0.05) is 24.3 Å². The van der Waals surface area contributed by atoms with Gasteiger partial charge in [0.1, 0.15) is 12.1 Å². The van der Waals surface area contributed by atoms with Crippen LogP contribution in [0.1, 0.15) is 39.2 Å². The average Bonchev–Trinajstić information content (AvgIpc) is 3.40. The summed E-state index contributed by atoms with van der Waals surface area (Å²) >= 11 is 0. The number of para-hydroxylation sites is 1. The number of nitrogens with one attached hydrogen (secondary N) is 3. The second-order valence-corrected chi connectivity index (χ2v) is 11.4. The lowest BCUT2D eigenvalue weighted by atomic mass is 9.80. The van der Waals surface area contributed by atoms with E-state index >= 15 is 0 Å². The summed E-state index contributed by atoms with van der Waals surface area (Å²) in [7, 11) is 0. The molecule has 0 aromatic heterocycles. The Balaban J connectivity index is 1.38. The maximum atomic E-state index is 13.9. The van der Waals surface area contributed by atoms with Gasteiger partial charge in [0.2, 0.25) is 11.8 Å². The highest BCUT2D eigenvalue weighted by Crippen LogP contribution is 2.46. The van der Waals surface area contributed by atoms with Gasteiger partial charge in [-0.2, -0.15) is 5.26 Å². The van der Waals surface area contributed by atoms with E-state index in [-0.39, 0.29) is 30.2 Å². The Morgan fingerprint density at radius 2 is 1.82 bits per heavy atom. The molecule has 1 fully saturated rings. The molecule has 38 heavy (non-hydrogen) atoms. The lowest BCUT2D eigenvalue weighted by Gasteiger charge is -2.31. The molecule has 1 spiro atoms. The molecule has 0 saturated carbocycles. The molecule has 4 amide bonds.